The van der Waals surface area contributed by atoms with Crippen molar-refractivity contribution in [1.82, 2.24) is 19.8 Å². The van der Waals surface area contributed by atoms with Crippen molar-refractivity contribution < 1.29 is 28.6 Å². The van der Waals surface area contributed by atoms with E-state index in [2.05, 4.69) is 35.9 Å². The number of alkyl carbamates (subject to hydrolysis) is 1. The summed E-state index contributed by atoms with van der Waals surface area (Å²) in [6.07, 6.45) is 1.68. The van der Waals surface area contributed by atoms with E-state index >= 15 is 0 Å². The number of nitriles is 1. The van der Waals surface area contributed by atoms with Crippen molar-refractivity contribution in [3.63, 3.8) is 0 Å². The quantitative estimate of drug-likeness (QED) is 0.189. The van der Waals surface area contributed by atoms with E-state index in [-0.39, 0.29) is 30.7 Å². The number of Topliss-reactive ketones (excluding diaryl/α,β-unsaturated/α-hetero) is 1. The topological polar surface area (TPSA) is 139 Å². The van der Waals surface area contributed by atoms with Crippen LogP contribution in [0.4, 0.5) is 15.3 Å². The van der Waals surface area contributed by atoms with Crippen LogP contribution in [0.15, 0.2) is 12.1 Å². The van der Waals surface area contributed by atoms with Crippen molar-refractivity contribution in [1.29, 1.82) is 5.26 Å². The van der Waals surface area contributed by atoms with Crippen molar-refractivity contribution in [3.8, 4) is 6.07 Å². The molecule has 1 aromatic heterocycles. The largest absolute Gasteiger partial charge is 0.453 e. The normalized spacial score (nSPS) is 22.1. The second-order valence-corrected chi connectivity index (χ2v) is 21.1. The first-order valence-electron chi connectivity index (χ1n) is 16.6. The third-order valence-corrected chi connectivity index (χ3v) is 10.8. The first kappa shape index (κ1) is 36.2. The summed E-state index contributed by atoms with van der Waals surface area (Å²) in [5.41, 5.74) is 1.23. The van der Waals surface area contributed by atoms with Crippen LogP contribution in [0.2, 0.25) is 25.7 Å². The molecule has 258 valence electrons. The van der Waals surface area contributed by atoms with Crippen LogP contribution in [0.25, 0.3) is 11.0 Å². The number of benzene rings is 1. The Morgan fingerprint density at radius 2 is 1.83 bits per heavy atom. The Bertz CT molecular complexity index is 1510. The zero-order valence-electron chi connectivity index (χ0n) is 29.6. The number of methoxy groups -OCH3 is 1. The first-order chi connectivity index (χ1) is 21.9. The van der Waals surface area contributed by atoms with Crippen LogP contribution in [-0.2, 0) is 20.9 Å². The van der Waals surface area contributed by atoms with Crippen molar-refractivity contribution in [2.75, 3.05) is 38.3 Å². The minimum atomic E-state index is -1.34. The minimum Gasteiger partial charge on any atom is -0.453 e. The summed E-state index contributed by atoms with van der Waals surface area (Å²) in [7, 11) is 0.000527. The lowest BCUT2D eigenvalue weighted by Gasteiger charge is -2.41. The van der Waals surface area contributed by atoms with Crippen molar-refractivity contribution in [2.45, 2.75) is 110 Å². The fourth-order valence-electron chi connectivity index (χ4n) is 6.26. The second kappa shape index (κ2) is 14.2. The number of nitrogens with one attached hydrogen (secondary N) is 1. The molecule has 47 heavy (non-hydrogen) atoms. The van der Waals surface area contributed by atoms with Gasteiger partial charge in [-0.3, -0.25) is 9.36 Å². The molecule has 0 spiro atoms. The lowest BCUT2D eigenvalue weighted by atomic mass is 9.71. The summed E-state index contributed by atoms with van der Waals surface area (Å²) in [6.45, 7) is 18.6. The highest BCUT2D eigenvalue weighted by molar-refractivity contribution is 6.76. The third kappa shape index (κ3) is 8.84. The fourth-order valence-corrected chi connectivity index (χ4v) is 7.01. The minimum absolute atomic E-state index is 0.0504. The number of carbonyl (C=O) groups is 3. The molecule has 1 saturated carbocycles. The van der Waals surface area contributed by atoms with Crippen LogP contribution >= 0.6 is 0 Å². The van der Waals surface area contributed by atoms with Gasteiger partial charge in [-0.05, 0) is 71.6 Å². The number of ether oxygens (including phenoxy) is 3. The molecule has 2 fully saturated rings. The van der Waals surface area contributed by atoms with Crippen LogP contribution in [0, 0.1) is 16.7 Å². The van der Waals surface area contributed by atoms with Crippen LogP contribution in [0.1, 0.15) is 76.5 Å². The number of hydrogen-bond donors (Lipinski definition) is 1. The van der Waals surface area contributed by atoms with E-state index in [4.69, 9.17) is 19.2 Å². The predicted molar refractivity (Wildman–Crippen MR) is 183 cm³/mol. The highest BCUT2D eigenvalue weighted by Gasteiger charge is 2.41. The Balaban J connectivity index is 1.66. The maximum absolute atomic E-state index is 14.3. The Hall–Kier alpha value is -3.63. The van der Waals surface area contributed by atoms with Crippen LogP contribution in [0.5, 0.6) is 0 Å². The molecule has 1 aromatic carbocycles. The van der Waals surface area contributed by atoms with Crippen LogP contribution < -0.4 is 10.2 Å². The summed E-state index contributed by atoms with van der Waals surface area (Å²) < 4.78 is 18.4. The van der Waals surface area contributed by atoms with Gasteiger partial charge in [0.2, 0.25) is 5.78 Å². The van der Waals surface area contributed by atoms with Gasteiger partial charge in [-0.15, -0.1) is 0 Å². The van der Waals surface area contributed by atoms with Crippen LogP contribution in [0.3, 0.4) is 0 Å². The molecule has 0 radical (unpaired) electrons. The van der Waals surface area contributed by atoms with E-state index in [1.807, 2.05) is 45.3 Å². The standard InChI is InChI=1S/C34H52N6O6Si/c1-23-21-38(32(43)46-33(2,3)4)14-15-39(23)27-19-28-26(18-24(27)20-35)37-30(40(28)22-45-16-17-47(7,8)9)29(41)34(5)12-10-25(11-13-34)36-31(42)44-6/h18-19,23,25H,10-17,21-22H2,1-9H3,(H,36,42). The van der Waals surface area contributed by atoms with E-state index in [9.17, 15) is 19.6 Å². The average molecular weight is 669 g/mol. The molecule has 1 aliphatic carbocycles. The van der Waals surface area contributed by atoms with E-state index in [1.54, 1.807) is 11.0 Å². The molecule has 4 rings (SSSR count). The molecule has 1 atom stereocenters. The van der Waals surface area contributed by atoms with Gasteiger partial charge in [-0.25, -0.2) is 14.6 Å². The van der Waals surface area contributed by atoms with Gasteiger partial charge in [0.05, 0.1) is 29.4 Å². The molecule has 12 nitrogen and oxygen atoms in total. The predicted octanol–water partition coefficient (Wildman–Crippen LogP) is 6.15. The summed E-state index contributed by atoms with van der Waals surface area (Å²) in [5, 5.41) is 13.1. The molecular formula is C34H52N6O6Si. The maximum Gasteiger partial charge on any atom is 0.410 e. The van der Waals surface area contributed by atoms with Gasteiger partial charge in [0.25, 0.3) is 0 Å². The summed E-state index contributed by atoms with van der Waals surface area (Å²) >= 11 is 0. The van der Waals surface area contributed by atoms with Gasteiger partial charge in [-0.1, -0.05) is 26.6 Å². The number of carbonyl (C=O) groups excluding carboxylic acids is 3. The highest BCUT2D eigenvalue weighted by atomic mass is 28.3. The Labute approximate surface area is 279 Å². The molecule has 0 bridgehead atoms. The molecule has 1 saturated heterocycles. The van der Waals surface area contributed by atoms with Gasteiger partial charge >= 0.3 is 12.2 Å². The van der Waals surface area contributed by atoms with Crippen molar-refractivity contribution in [3.05, 3.63) is 23.5 Å². The Morgan fingerprint density at radius 1 is 1.15 bits per heavy atom. The van der Waals surface area contributed by atoms with E-state index in [1.165, 1.54) is 7.11 Å². The number of amides is 2. The average Bonchev–Trinajstić information content (AvgIpc) is 3.35. The zero-order chi connectivity index (χ0) is 34.7. The van der Waals surface area contributed by atoms with Gasteiger partial charge in [0, 0.05) is 51.8 Å². The Morgan fingerprint density at radius 3 is 2.40 bits per heavy atom. The lowest BCUT2D eigenvalue weighted by molar-refractivity contribution is 0.0218. The van der Waals surface area contributed by atoms with E-state index in [0.717, 1.165) is 17.2 Å². The number of nitrogens with zero attached hydrogens (tertiary/aromatic N) is 5. The number of ketones is 1. The van der Waals surface area contributed by atoms with E-state index in [0.29, 0.717) is 68.8 Å². The van der Waals surface area contributed by atoms with Crippen molar-refractivity contribution in [2.24, 2.45) is 5.41 Å². The van der Waals surface area contributed by atoms with Gasteiger partial charge in [0.1, 0.15) is 18.4 Å². The zero-order valence-corrected chi connectivity index (χ0v) is 30.6. The summed E-state index contributed by atoms with van der Waals surface area (Å²) in [4.78, 5) is 47.5. The highest BCUT2D eigenvalue weighted by Crippen LogP contribution is 2.40. The molecule has 2 heterocycles. The number of hydrogen-bond acceptors (Lipinski definition) is 9. The SMILES string of the molecule is COC(=O)NC1CCC(C)(C(=O)c2nc3cc(C#N)c(N4CCN(C(=O)OC(C)(C)C)CC4C)cc3n2COCC[Si](C)(C)C)CC1. The first-order valence-corrected chi connectivity index (χ1v) is 20.3. The number of imidazole rings is 1. The number of aromatic nitrogens is 2. The molecule has 1 aliphatic heterocycles. The lowest BCUT2D eigenvalue weighted by Crippen LogP contribution is -2.54. The number of rotatable bonds is 9. The number of anilines is 1. The van der Waals surface area contributed by atoms with Crippen LogP contribution in [-0.4, -0.2) is 91.5 Å². The van der Waals surface area contributed by atoms with Crippen molar-refractivity contribution >= 4 is 42.8 Å². The number of piperazine rings is 1. The third-order valence-electron chi connectivity index (χ3n) is 9.14. The summed E-state index contributed by atoms with van der Waals surface area (Å²) in [6, 6.07) is 6.89. The van der Waals surface area contributed by atoms with Gasteiger partial charge < -0.3 is 29.3 Å². The molecule has 1 N–H and O–H groups in total. The number of fused-ring (bicyclic) bond motifs is 1. The molecular weight excluding hydrogens is 616 g/mol. The fraction of sp³-hybridized carbons (Fsp3) is 0.676. The molecule has 2 aliphatic rings. The maximum atomic E-state index is 14.3. The molecule has 1 unspecified atom stereocenters. The Kier molecular flexibility index (Phi) is 11.0. The molecule has 13 heteroatoms. The molecule has 2 amide bonds. The summed E-state index contributed by atoms with van der Waals surface area (Å²) in [5.74, 6) is 0.247. The smallest absolute Gasteiger partial charge is 0.410 e. The van der Waals surface area contributed by atoms with Gasteiger partial charge in [-0.2, -0.15) is 5.26 Å². The van der Waals surface area contributed by atoms with Gasteiger partial charge in [0.15, 0.2) is 5.82 Å². The second-order valence-electron chi connectivity index (χ2n) is 15.5. The molecule has 2 aromatic rings. The monoisotopic (exact) mass is 668 g/mol. The van der Waals surface area contributed by atoms with E-state index < -0.39 is 25.2 Å².